The van der Waals surface area contributed by atoms with Crippen LogP contribution in [0.1, 0.15) is 38.2 Å². The maximum Gasteiger partial charge on any atom is 0.214 e. The molecule has 31 heavy (non-hydrogen) atoms. The molecule has 2 heterocycles. The Hall–Kier alpha value is -2.64. The van der Waals surface area contributed by atoms with E-state index in [0.717, 1.165) is 48.5 Å². The molecule has 1 N–H and O–H groups in total. The average Bonchev–Trinajstić information content (AvgIpc) is 3.26. The van der Waals surface area contributed by atoms with Crippen LogP contribution in [0.3, 0.4) is 0 Å². The number of para-hydroxylation sites is 2. The predicted molar refractivity (Wildman–Crippen MR) is 122 cm³/mol. The van der Waals surface area contributed by atoms with Gasteiger partial charge in [-0.15, -0.1) is 5.10 Å². The van der Waals surface area contributed by atoms with Crippen LogP contribution in [-0.2, 0) is 5.54 Å². The van der Waals surface area contributed by atoms with Gasteiger partial charge in [-0.05, 0) is 55.5 Å². The monoisotopic (exact) mass is 441 g/mol. The third-order valence-corrected chi connectivity index (χ3v) is 6.08. The SMILES string of the molecule is COc1ccccc1N1CC[NH+]([C@@H](c2ccc(Cl)cc2)c2nnnn2C(C)(C)C)CC1. The van der Waals surface area contributed by atoms with Crippen molar-refractivity contribution in [3.8, 4) is 5.75 Å². The lowest BCUT2D eigenvalue weighted by molar-refractivity contribution is -0.927. The van der Waals surface area contributed by atoms with Crippen molar-refractivity contribution in [2.45, 2.75) is 32.4 Å². The normalized spacial score (nSPS) is 16.4. The largest absolute Gasteiger partial charge is 0.495 e. The lowest BCUT2D eigenvalue weighted by Crippen LogP contribution is -3.15. The van der Waals surface area contributed by atoms with Gasteiger partial charge in [-0.2, -0.15) is 0 Å². The molecule has 0 bridgehead atoms. The molecular weight excluding hydrogens is 412 g/mol. The molecule has 0 aliphatic carbocycles. The fraction of sp³-hybridized carbons (Fsp3) is 0.435. The molecule has 1 aliphatic heterocycles. The highest BCUT2D eigenvalue weighted by Gasteiger charge is 2.36. The molecule has 164 valence electrons. The number of methoxy groups -OCH3 is 1. The van der Waals surface area contributed by atoms with Gasteiger partial charge in [0.25, 0.3) is 0 Å². The summed E-state index contributed by atoms with van der Waals surface area (Å²) in [4.78, 5) is 3.84. The second-order valence-corrected chi connectivity index (χ2v) is 9.36. The van der Waals surface area contributed by atoms with Gasteiger partial charge >= 0.3 is 0 Å². The van der Waals surface area contributed by atoms with Gasteiger partial charge in [-0.3, -0.25) is 0 Å². The third kappa shape index (κ3) is 4.52. The fourth-order valence-electron chi connectivity index (χ4n) is 4.29. The Balaban J connectivity index is 1.63. The molecule has 1 aliphatic rings. The first-order valence-corrected chi connectivity index (χ1v) is 11.0. The minimum absolute atomic E-state index is 0.0336. The number of piperazine rings is 1. The number of anilines is 1. The second kappa shape index (κ2) is 8.85. The summed E-state index contributed by atoms with van der Waals surface area (Å²) in [6.45, 7) is 10.2. The van der Waals surface area contributed by atoms with Gasteiger partial charge in [-0.25, -0.2) is 4.68 Å². The molecule has 2 aromatic carbocycles. The van der Waals surface area contributed by atoms with Gasteiger partial charge in [0.05, 0.1) is 44.5 Å². The van der Waals surface area contributed by atoms with Gasteiger partial charge in [-0.1, -0.05) is 35.9 Å². The molecule has 7 nitrogen and oxygen atoms in total. The van der Waals surface area contributed by atoms with E-state index < -0.39 is 0 Å². The number of benzene rings is 2. The first kappa shape index (κ1) is 21.6. The summed E-state index contributed by atoms with van der Waals surface area (Å²) < 4.78 is 7.52. The first-order chi connectivity index (χ1) is 14.9. The quantitative estimate of drug-likeness (QED) is 0.659. The molecule has 1 fully saturated rings. The summed E-state index contributed by atoms with van der Waals surface area (Å²) in [5.74, 6) is 1.80. The van der Waals surface area contributed by atoms with Crippen LogP contribution in [-0.4, -0.2) is 53.5 Å². The van der Waals surface area contributed by atoms with E-state index in [2.05, 4.69) is 65.5 Å². The molecule has 0 unspecified atom stereocenters. The van der Waals surface area contributed by atoms with E-state index in [1.54, 1.807) is 7.11 Å². The van der Waals surface area contributed by atoms with Crippen LogP contribution < -0.4 is 14.5 Å². The first-order valence-electron chi connectivity index (χ1n) is 10.7. The van der Waals surface area contributed by atoms with Crippen molar-refractivity contribution in [1.29, 1.82) is 0 Å². The predicted octanol–water partition coefficient (Wildman–Crippen LogP) is 2.58. The summed E-state index contributed by atoms with van der Waals surface area (Å²) in [6.07, 6.45) is 0. The van der Waals surface area contributed by atoms with Gasteiger partial charge in [0.15, 0.2) is 6.04 Å². The van der Waals surface area contributed by atoms with Crippen molar-refractivity contribution in [3.05, 3.63) is 64.9 Å². The standard InChI is InChI=1S/C23H29ClN6O/c1-23(2,3)30-22(25-26-27-30)21(17-9-11-18(24)12-10-17)29-15-13-28(14-16-29)19-7-5-6-8-20(19)31-4/h5-12,21H,13-16H2,1-4H3/p+1/t21-/m0/s1. The third-order valence-electron chi connectivity index (χ3n) is 5.83. The van der Waals surface area contributed by atoms with Crippen LogP contribution in [0.4, 0.5) is 5.69 Å². The van der Waals surface area contributed by atoms with Gasteiger partial charge in [0.2, 0.25) is 5.82 Å². The van der Waals surface area contributed by atoms with Crippen molar-refractivity contribution >= 4 is 17.3 Å². The zero-order chi connectivity index (χ0) is 22.0. The molecule has 0 radical (unpaired) electrons. The molecule has 0 amide bonds. The number of quaternary nitrogens is 1. The van der Waals surface area contributed by atoms with E-state index in [0.29, 0.717) is 0 Å². The highest BCUT2D eigenvalue weighted by atomic mass is 35.5. The highest BCUT2D eigenvalue weighted by molar-refractivity contribution is 6.30. The van der Waals surface area contributed by atoms with Crippen molar-refractivity contribution in [1.82, 2.24) is 20.2 Å². The minimum Gasteiger partial charge on any atom is -0.495 e. The smallest absolute Gasteiger partial charge is 0.214 e. The molecule has 1 saturated heterocycles. The zero-order valence-corrected chi connectivity index (χ0v) is 19.3. The maximum atomic E-state index is 6.18. The van der Waals surface area contributed by atoms with Crippen LogP contribution in [0.15, 0.2) is 48.5 Å². The number of halogens is 1. The molecule has 1 atom stereocenters. The van der Waals surface area contributed by atoms with E-state index in [4.69, 9.17) is 16.3 Å². The van der Waals surface area contributed by atoms with Crippen molar-refractivity contribution in [3.63, 3.8) is 0 Å². The van der Waals surface area contributed by atoms with Crippen LogP contribution in [0.5, 0.6) is 5.75 Å². The summed E-state index contributed by atoms with van der Waals surface area (Å²) in [5.41, 5.74) is 2.11. The van der Waals surface area contributed by atoms with E-state index >= 15 is 0 Å². The molecule has 4 rings (SSSR count). The number of rotatable bonds is 5. The number of nitrogens with one attached hydrogen (secondary N) is 1. The molecular formula is C23H30ClN6O+. The number of hydrogen-bond donors (Lipinski definition) is 1. The van der Waals surface area contributed by atoms with Crippen LogP contribution in [0.25, 0.3) is 0 Å². The van der Waals surface area contributed by atoms with Crippen LogP contribution >= 0.6 is 11.6 Å². The van der Waals surface area contributed by atoms with E-state index in [1.807, 2.05) is 28.9 Å². The van der Waals surface area contributed by atoms with E-state index in [-0.39, 0.29) is 11.6 Å². The Labute approximate surface area is 188 Å². The topological polar surface area (TPSA) is 60.5 Å². The second-order valence-electron chi connectivity index (χ2n) is 8.92. The summed E-state index contributed by atoms with van der Waals surface area (Å²) in [6, 6.07) is 16.3. The van der Waals surface area contributed by atoms with Crippen LogP contribution in [0, 0.1) is 0 Å². The van der Waals surface area contributed by atoms with Crippen molar-refractivity contribution in [2.75, 3.05) is 38.2 Å². The molecule has 3 aromatic rings. The van der Waals surface area contributed by atoms with Crippen LogP contribution in [0.2, 0.25) is 5.02 Å². The lowest BCUT2D eigenvalue weighted by atomic mass is 10.0. The zero-order valence-electron chi connectivity index (χ0n) is 18.5. The summed E-state index contributed by atoms with van der Waals surface area (Å²) in [7, 11) is 1.73. The summed E-state index contributed by atoms with van der Waals surface area (Å²) >= 11 is 6.18. The van der Waals surface area contributed by atoms with Crippen molar-refractivity contribution < 1.29 is 9.64 Å². The Morgan fingerprint density at radius 2 is 1.71 bits per heavy atom. The Bertz CT molecular complexity index is 1010. The van der Waals surface area contributed by atoms with Gasteiger partial charge < -0.3 is 14.5 Å². The number of nitrogens with zero attached hydrogens (tertiary/aromatic N) is 5. The minimum atomic E-state index is -0.206. The molecule has 0 spiro atoms. The Kier molecular flexibility index (Phi) is 6.16. The molecule has 1 aromatic heterocycles. The molecule has 8 heteroatoms. The molecule has 0 saturated carbocycles. The number of hydrogen-bond acceptors (Lipinski definition) is 5. The highest BCUT2D eigenvalue weighted by Crippen LogP contribution is 2.28. The lowest BCUT2D eigenvalue weighted by Gasteiger charge is -2.38. The number of tetrazole rings is 1. The van der Waals surface area contributed by atoms with Gasteiger partial charge in [0.1, 0.15) is 5.75 Å². The summed E-state index contributed by atoms with van der Waals surface area (Å²) in [5, 5.41) is 13.6. The van der Waals surface area contributed by atoms with E-state index in [9.17, 15) is 0 Å². The Morgan fingerprint density at radius 3 is 2.35 bits per heavy atom. The van der Waals surface area contributed by atoms with Gasteiger partial charge in [0, 0.05) is 10.6 Å². The average molecular weight is 442 g/mol. The fourth-order valence-corrected chi connectivity index (χ4v) is 4.41. The Morgan fingerprint density at radius 1 is 1.03 bits per heavy atom. The van der Waals surface area contributed by atoms with Crippen molar-refractivity contribution in [2.24, 2.45) is 0 Å². The van der Waals surface area contributed by atoms with E-state index in [1.165, 1.54) is 10.5 Å². The maximum absolute atomic E-state index is 6.18. The number of ether oxygens (including phenoxy) is 1. The number of aromatic nitrogens is 4.